The van der Waals surface area contributed by atoms with Crippen LogP contribution in [0.15, 0.2) is 29.3 Å². The summed E-state index contributed by atoms with van der Waals surface area (Å²) in [5.74, 6) is 0.527. The SMILES string of the molecule is CN(C)C(=NCCc1cccc(C(N)=O)c1)N(C)C. The molecule has 0 aliphatic carbocycles. The topological polar surface area (TPSA) is 61.9 Å². The van der Waals surface area contributed by atoms with E-state index in [1.807, 2.05) is 56.2 Å². The van der Waals surface area contributed by atoms with Crippen LogP contribution in [0, 0.1) is 0 Å². The van der Waals surface area contributed by atoms with Crippen molar-refractivity contribution >= 4 is 11.9 Å². The van der Waals surface area contributed by atoms with Gasteiger partial charge in [0.05, 0.1) is 0 Å². The molecule has 0 bridgehead atoms. The molecule has 0 atom stereocenters. The normalized spacial score (nSPS) is 9.89. The Morgan fingerprint density at radius 1 is 1.21 bits per heavy atom. The predicted octanol–water partition coefficient (Wildman–Crippen LogP) is 0.807. The van der Waals surface area contributed by atoms with Crippen molar-refractivity contribution in [3.63, 3.8) is 0 Å². The molecule has 19 heavy (non-hydrogen) atoms. The first-order chi connectivity index (χ1) is 8.91. The van der Waals surface area contributed by atoms with Crippen LogP contribution >= 0.6 is 0 Å². The largest absolute Gasteiger partial charge is 0.366 e. The van der Waals surface area contributed by atoms with E-state index < -0.39 is 5.91 Å². The molecular formula is C14H22N4O. The zero-order chi connectivity index (χ0) is 14.4. The lowest BCUT2D eigenvalue weighted by Crippen LogP contribution is -2.35. The fraction of sp³-hybridized carbons (Fsp3) is 0.429. The minimum absolute atomic E-state index is 0.396. The van der Waals surface area contributed by atoms with Crippen molar-refractivity contribution in [3.8, 4) is 0 Å². The highest BCUT2D eigenvalue weighted by atomic mass is 16.1. The summed E-state index contributed by atoms with van der Waals surface area (Å²) in [5.41, 5.74) is 6.87. The molecule has 2 N–H and O–H groups in total. The van der Waals surface area contributed by atoms with Gasteiger partial charge in [0.15, 0.2) is 5.96 Å². The molecule has 5 nitrogen and oxygen atoms in total. The molecule has 104 valence electrons. The van der Waals surface area contributed by atoms with Gasteiger partial charge in [0, 0.05) is 40.3 Å². The number of guanidine groups is 1. The summed E-state index contributed by atoms with van der Waals surface area (Å²) >= 11 is 0. The minimum Gasteiger partial charge on any atom is -0.366 e. The van der Waals surface area contributed by atoms with Crippen molar-refractivity contribution in [1.82, 2.24) is 9.80 Å². The fourth-order valence-corrected chi connectivity index (χ4v) is 1.85. The molecule has 0 aromatic heterocycles. The van der Waals surface area contributed by atoms with Gasteiger partial charge in [0.2, 0.25) is 5.91 Å². The molecule has 1 amide bonds. The van der Waals surface area contributed by atoms with Crippen LogP contribution in [0.2, 0.25) is 0 Å². The molecule has 0 radical (unpaired) electrons. The van der Waals surface area contributed by atoms with E-state index in [1.54, 1.807) is 6.07 Å². The molecule has 0 spiro atoms. The van der Waals surface area contributed by atoms with Gasteiger partial charge in [-0.1, -0.05) is 12.1 Å². The molecule has 1 aromatic rings. The van der Waals surface area contributed by atoms with Gasteiger partial charge in [-0.3, -0.25) is 9.79 Å². The molecule has 1 aromatic carbocycles. The number of primary amides is 1. The third kappa shape index (κ3) is 4.62. The number of rotatable bonds is 4. The van der Waals surface area contributed by atoms with Gasteiger partial charge < -0.3 is 15.5 Å². The van der Waals surface area contributed by atoms with E-state index in [9.17, 15) is 4.79 Å². The number of nitrogens with zero attached hydrogens (tertiary/aromatic N) is 3. The first kappa shape index (κ1) is 15.0. The summed E-state index contributed by atoms with van der Waals surface area (Å²) in [6, 6.07) is 7.37. The third-order valence-corrected chi connectivity index (χ3v) is 2.67. The van der Waals surface area contributed by atoms with E-state index in [1.165, 1.54) is 0 Å². The first-order valence-electron chi connectivity index (χ1n) is 6.19. The molecule has 0 fully saturated rings. The predicted molar refractivity (Wildman–Crippen MR) is 78.3 cm³/mol. The Morgan fingerprint density at radius 3 is 2.37 bits per heavy atom. The van der Waals surface area contributed by atoms with Crippen molar-refractivity contribution in [2.24, 2.45) is 10.7 Å². The number of hydrogen-bond acceptors (Lipinski definition) is 2. The van der Waals surface area contributed by atoms with Crippen LogP contribution in [0.4, 0.5) is 0 Å². The summed E-state index contributed by atoms with van der Waals surface area (Å²) in [5, 5.41) is 0. The van der Waals surface area contributed by atoms with E-state index in [0.717, 1.165) is 17.9 Å². The zero-order valence-electron chi connectivity index (χ0n) is 12.1. The number of nitrogens with two attached hydrogens (primary N) is 1. The van der Waals surface area contributed by atoms with Crippen LogP contribution in [0.3, 0.4) is 0 Å². The van der Waals surface area contributed by atoms with Crippen LogP contribution in [0.25, 0.3) is 0 Å². The molecule has 5 heteroatoms. The average molecular weight is 262 g/mol. The van der Waals surface area contributed by atoms with E-state index in [-0.39, 0.29) is 0 Å². The number of carbonyl (C=O) groups excluding carboxylic acids is 1. The number of hydrogen-bond donors (Lipinski definition) is 1. The lowest BCUT2D eigenvalue weighted by molar-refractivity contribution is 0.1000. The van der Waals surface area contributed by atoms with Crippen molar-refractivity contribution < 1.29 is 4.79 Å². The number of benzene rings is 1. The molecular weight excluding hydrogens is 240 g/mol. The van der Waals surface area contributed by atoms with Gasteiger partial charge in [0.25, 0.3) is 0 Å². The third-order valence-electron chi connectivity index (χ3n) is 2.67. The van der Waals surface area contributed by atoms with Gasteiger partial charge in [-0.2, -0.15) is 0 Å². The van der Waals surface area contributed by atoms with Crippen LogP contribution in [0.5, 0.6) is 0 Å². The second kappa shape index (κ2) is 6.78. The highest BCUT2D eigenvalue weighted by Crippen LogP contribution is 2.06. The van der Waals surface area contributed by atoms with Crippen molar-refractivity contribution in [1.29, 1.82) is 0 Å². The smallest absolute Gasteiger partial charge is 0.248 e. The van der Waals surface area contributed by atoms with Crippen molar-refractivity contribution in [2.75, 3.05) is 34.7 Å². The maximum atomic E-state index is 11.1. The van der Waals surface area contributed by atoms with Crippen LogP contribution in [0.1, 0.15) is 15.9 Å². The summed E-state index contributed by atoms with van der Waals surface area (Å²) in [7, 11) is 7.86. The molecule has 0 saturated carbocycles. The quantitative estimate of drug-likeness (QED) is 0.645. The Morgan fingerprint density at radius 2 is 1.84 bits per heavy atom. The van der Waals surface area contributed by atoms with Crippen LogP contribution in [-0.4, -0.2) is 56.4 Å². The lowest BCUT2D eigenvalue weighted by Gasteiger charge is -2.22. The van der Waals surface area contributed by atoms with E-state index >= 15 is 0 Å². The second-order valence-corrected chi connectivity index (χ2v) is 4.79. The van der Waals surface area contributed by atoms with Gasteiger partial charge in [0.1, 0.15) is 0 Å². The molecule has 0 unspecified atom stereocenters. The molecule has 0 heterocycles. The Labute approximate surface area is 114 Å². The maximum Gasteiger partial charge on any atom is 0.248 e. The summed E-state index contributed by atoms with van der Waals surface area (Å²) < 4.78 is 0. The number of carbonyl (C=O) groups is 1. The second-order valence-electron chi connectivity index (χ2n) is 4.79. The van der Waals surface area contributed by atoms with E-state index in [4.69, 9.17) is 5.73 Å². The lowest BCUT2D eigenvalue weighted by atomic mass is 10.1. The standard InChI is InChI=1S/C14H22N4O/c1-17(2)14(18(3)4)16-9-8-11-6-5-7-12(10-11)13(15)19/h5-7,10H,8-9H2,1-4H3,(H2,15,19). The Balaban J connectivity index is 2.69. The molecule has 0 aliphatic rings. The van der Waals surface area contributed by atoms with Crippen molar-refractivity contribution in [2.45, 2.75) is 6.42 Å². The minimum atomic E-state index is -0.396. The number of amides is 1. The summed E-state index contributed by atoms with van der Waals surface area (Å²) in [4.78, 5) is 19.6. The first-order valence-corrected chi connectivity index (χ1v) is 6.19. The van der Waals surface area contributed by atoms with E-state index in [0.29, 0.717) is 12.1 Å². The Bertz CT molecular complexity index is 456. The van der Waals surface area contributed by atoms with Gasteiger partial charge >= 0.3 is 0 Å². The zero-order valence-corrected chi connectivity index (χ0v) is 12.1. The summed E-state index contributed by atoms with van der Waals surface area (Å²) in [6.07, 6.45) is 0.784. The molecule has 0 saturated heterocycles. The van der Waals surface area contributed by atoms with Crippen LogP contribution in [-0.2, 0) is 6.42 Å². The van der Waals surface area contributed by atoms with Gasteiger partial charge in [-0.05, 0) is 24.1 Å². The van der Waals surface area contributed by atoms with Gasteiger partial charge in [-0.15, -0.1) is 0 Å². The molecule has 1 rings (SSSR count). The van der Waals surface area contributed by atoms with E-state index in [2.05, 4.69) is 4.99 Å². The monoisotopic (exact) mass is 262 g/mol. The van der Waals surface area contributed by atoms with Gasteiger partial charge in [-0.25, -0.2) is 0 Å². The Kier molecular flexibility index (Phi) is 5.36. The molecule has 0 aliphatic heterocycles. The fourth-order valence-electron chi connectivity index (χ4n) is 1.85. The Hall–Kier alpha value is -2.04. The maximum absolute atomic E-state index is 11.1. The summed E-state index contributed by atoms with van der Waals surface area (Å²) in [6.45, 7) is 0.675. The highest BCUT2D eigenvalue weighted by molar-refractivity contribution is 5.92. The highest BCUT2D eigenvalue weighted by Gasteiger charge is 2.04. The number of aliphatic imine (C=N–C) groups is 1. The van der Waals surface area contributed by atoms with Crippen LogP contribution < -0.4 is 5.73 Å². The van der Waals surface area contributed by atoms with Crippen molar-refractivity contribution in [3.05, 3.63) is 35.4 Å². The average Bonchev–Trinajstić information content (AvgIpc) is 2.34.